The molecular weight excluding hydrogens is 328 g/mol. The van der Waals surface area contributed by atoms with Crippen molar-refractivity contribution in [3.8, 4) is 0 Å². The zero-order valence-corrected chi connectivity index (χ0v) is 16.7. The van der Waals surface area contributed by atoms with E-state index >= 15 is 0 Å². The third-order valence-electron chi connectivity index (χ3n) is 4.94. The molecule has 27 heavy (non-hydrogen) atoms. The standard InChI is InChI=1S/C25H36N2/c1-2-4-8-12-16-20-24(21-17-13-9-5-3-1)26-27-25-22-18-14-10-6-7-11-15-19-23-25/h1-5,8-9,12-13,16-17,20-21,25-27H,6-7,10-11,14-15,18-19,22-23H2. The molecule has 0 aromatic heterocycles. The number of hydrazine groups is 1. The van der Waals surface area contributed by atoms with Crippen LogP contribution >= 0.6 is 0 Å². The maximum atomic E-state index is 3.59. The molecule has 2 heteroatoms. The van der Waals surface area contributed by atoms with Crippen molar-refractivity contribution >= 4 is 5.69 Å². The minimum absolute atomic E-state index is 0.554. The van der Waals surface area contributed by atoms with E-state index in [1.165, 1.54) is 64.2 Å². The molecule has 1 aromatic carbocycles. The predicted octanol–water partition coefficient (Wildman–Crippen LogP) is 7.14. The average molecular weight is 365 g/mol. The van der Waals surface area contributed by atoms with Gasteiger partial charge in [0.2, 0.25) is 0 Å². The second-order valence-electron chi connectivity index (χ2n) is 7.28. The highest BCUT2D eigenvalue weighted by molar-refractivity contribution is 5.39. The van der Waals surface area contributed by atoms with E-state index in [0.29, 0.717) is 6.04 Å². The van der Waals surface area contributed by atoms with Gasteiger partial charge in [-0.3, -0.25) is 0 Å². The first-order chi connectivity index (χ1) is 13.4. The summed E-state index contributed by atoms with van der Waals surface area (Å²) in [6, 6.07) is 27.3. The second kappa shape index (κ2) is 15.0. The molecule has 1 saturated carbocycles. The van der Waals surface area contributed by atoms with Crippen molar-refractivity contribution in [1.82, 2.24) is 5.43 Å². The summed E-state index contributed by atoms with van der Waals surface area (Å²) in [6.45, 7) is 0. The topological polar surface area (TPSA) is 24.1 Å². The van der Waals surface area contributed by atoms with Crippen LogP contribution in [-0.4, -0.2) is 6.04 Å². The maximum absolute atomic E-state index is 3.59. The van der Waals surface area contributed by atoms with Crippen molar-refractivity contribution < 1.29 is 0 Å². The van der Waals surface area contributed by atoms with E-state index in [2.05, 4.69) is 47.2 Å². The molecule has 2 rings (SSSR count). The van der Waals surface area contributed by atoms with Crippen LogP contribution in [0.25, 0.3) is 0 Å². The lowest BCUT2D eigenvalue weighted by Gasteiger charge is -2.19. The molecule has 1 fully saturated rings. The first kappa shape index (κ1) is 21.2. The fourth-order valence-corrected chi connectivity index (χ4v) is 3.35. The summed E-state index contributed by atoms with van der Waals surface area (Å²) in [7, 11) is 0. The molecule has 1 aromatic rings. The van der Waals surface area contributed by atoms with Crippen LogP contribution in [-0.2, 0) is 0 Å². The Balaban J connectivity index is 2.01. The third-order valence-corrected chi connectivity index (χ3v) is 4.94. The van der Waals surface area contributed by atoms with Crippen molar-refractivity contribution in [2.24, 2.45) is 0 Å². The summed E-state index contributed by atoms with van der Waals surface area (Å²) >= 11 is 0. The molecule has 1 aliphatic carbocycles. The number of anilines is 1. The van der Waals surface area contributed by atoms with Crippen LogP contribution in [0.2, 0.25) is 0 Å². The normalized spacial score (nSPS) is 16.1. The largest absolute Gasteiger partial charge is 0.321 e. The minimum atomic E-state index is 0.554. The zero-order chi connectivity index (χ0) is 18.8. The summed E-state index contributed by atoms with van der Waals surface area (Å²) in [5.41, 5.74) is 8.12. The Hall–Kier alpha value is -2.06. The van der Waals surface area contributed by atoms with E-state index in [1.807, 2.05) is 42.5 Å². The molecule has 0 saturated heterocycles. The van der Waals surface area contributed by atoms with E-state index < -0.39 is 0 Å². The fourth-order valence-electron chi connectivity index (χ4n) is 3.35. The SMILES string of the molecule is c1ccccccc(NNC2CCCCCCCCCC2)cccccc1. The van der Waals surface area contributed by atoms with Gasteiger partial charge in [0.1, 0.15) is 0 Å². The molecule has 0 bridgehead atoms. The van der Waals surface area contributed by atoms with Crippen LogP contribution in [0.15, 0.2) is 78.9 Å². The van der Waals surface area contributed by atoms with Crippen molar-refractivity contribution in [1.29, 1.82) is 0 Å². The van der Waals surface area contributed by atoms with Gasteiger partial charge in [0.15, 0.2) is 0 Å². The number of hydrogen-bond donors (Lipinski definition) is 2. The third kappa shape index (κ3) is 11.3. The molecule has 1 aliphatic rings. The van der Waals surface area contributed by atoms with E-state index in [-0.39, 0.29) is 0 Å². The highest BCUT2D eigenvalue weighted by Gasteiger charge is 2.08. The van der Waals surface area contributed by atoms with Gasteiger partial charge >= 0.3 is 0 Å². The fraction of sp³-hybridized carbons (Fsp3) is 0.440. The molecule has 0 atom stereocenters. The Morgan fingerprint density at radius 3 is 1.30 bits per heavy atom. The molecule has 0 aliphatic heterocycles. The highest BCUT2D eigenvalue weighted by Crippen LogP contribution is 2.17. The molecule has 0 unspecified atom stereocenters. The lowest BCUT2D eigenvalue weighted by Crippen LogP contribution is -2.34. The van der Waals surface area contributed by atoms with Crippen molar-refractivity contribution in [3.63, 3.8) is 0 Å². The number of rotatable bonds is 3. The van der Waals surface area contributed by atoms with Crippen LogP contribution in [0.1, 0.15) is 64.2 Å². The van der Waals surface area contributed by atoms with Crippen molar-refractivity contribution in [3.05, 3.63) is 78.9 Å². The second-order valence-corrected chi connectivity index (χ2v) is 7.28. The summed E-state index contributed by atoms with van der Waals surface area (Å²) in [5.74, 6) is 0. The zero-order valence-electron chi connectivity index (χ0n) is 16.7. The molecular formula is C25H36N2. The smallest absolute Gasteiger partial charge is 0.0487 e. The molecule has 0 spiro atoms. The summed E-state index contributed by atoms with van der Waals surface area (Å²) < 4.78 is 0. The van der Waals surface area contributed by atoms with Gasteiger partial charge in [-0.05, 0) is 25.0 Å². The van der Waals surface area contributed by atoms with Gasteiger partial charge in [-0.2, -0.15) is 0 Å². The molecule has 2 N–H and O–H groups in total. The van der Waals surface area contributed by atoms with Gasteiger partial charge in [-0.25, -0.2) is 5.43 Å². The Labute approximate surface area is 166 Å². The Bertz CT molecular complexity index is 564. The van der Waals surface area contributed by atoms with Gasteiger partial charge in [-0.1, -0.05) is 118 Å². The lowest BCUT2D eigenvalue weighted by molar-refractivity contribution is 0.448. The maximum Gasteiger partial charge on any atom is 0.0487 e. The Morgan fingerprint density at radius 2 is 0.852 bits per heavy atom. The predicted molar refractivity (Wildman–Crippen MR) is 118 cm³/mol. The molecule has 0 radical (unpaired) electrons. The first-order valence-corrected chi connectivity index (χ1v) is 10.7. The lowest BCUT2D eigenvalue weighted by atomic mass is 10.0. The number of hydrogen-bond acceptors (Lipinski definition) is 2. The van der Waals surface area contributed by atoms with Crippen molar-refractivity contribution in [2.45, 2.75) is 70.3 Å². The van der Waals surface area contributed by atoms with E-state index in [0.717, 1.165) is 5.69 Å². The highest BCUT2D eigenvalue weighted by atomic mass is 15.4. The average Bonchev–Trinajstić information content (AvgIpc) is 2.74. The van der Waals surface area contributed by atoms with Gasteiger partial charge < -0.3 is 5.43 Å². The first-order valence-electron chi connectivity index (χ1n) is 10.7. The van der Waals surface area contributed by atoms with E-state index in [9.17, 15) is 0 Å². The van der Waals surface area contributed by atoms with Crippen LogP contribution in [0.5, 0.6) is 0 Å². The summed E-state index contributed by atoms with van der Waals surface area (Å²) in [5, 5.41) is 0. The molecule has 0 amide bonds. The van der Waals surface area contributed by atoms with Gasteiger partial charge in [-0.15, -0.1) is 0 Å². The van der Waals surface area contributed by atoms with E-state index in [4.69, 9.17) is 0 Å². The van der Waals surface area contributed by atoms with Gasteiger partial charge in [0.05, 0.1) is 0 Å². The van der Waals surface area contributed by atoms with Crippen LogP contribution in [0, 0.1) is 0 Å². The van der Waals surface area contributed by atoms with Crippen molar-refractivity contribution in [2.75, 3.05) is 5.43 Å². The molecule has 146 valence electrons. The van der Waals surface area contributed by atoms with Crippen LogP contribution in [0.3, 0.4) is 0 Å². The van der Waals surface area contributed by atoms with Gasteiger partial charge in [0.25, 0.3) is 0 Å². The molecule has 0 heterocycles. The quantitative estimate of drug-likeness (QED) is 0.557. The summed E-state index contributed by atoms with van der Waals surface area (Å²) in [6.07, 6.45) is 13.6. The van der Waals surface area contributed by atoms with Crippen LogP contribution in [0.4, 0.5) is 5.69 Å². The van der Waals surface area contributed by atoms with Gasteiger partial charge in [0, 0.05) is 11.7 Å². The monoisotopic (exact) mass is 364 g/mol. The molecule has 2 nitrogen and oxygen atoms in total. The summed E-state index contributed by atoms with van der Waals surface area (Å²) in [4.78, 5) is 0. The Kier molecular flexibility index (Phi) is 11.8. The van der Waals surface area contributed by atoms with Crippen LogP contribution < -0.4 is 10.9 Å². The Morgan fingerprint density at radius 1 is 0.481 bits per heavy atom. The number of nitrogens with one attached hydrogen (secondary N) is 2. The van der Waals surface area contributed by atoms with E-state index in [1.54, 1.807) is 0 Å². The minimum Gasteiger partial charge on any atom is -0.321 e.